The Bertz CT molecular complexity index is 379. The molecule has 1 unspecified atom stereocenters. The maximum Gasteiger partial charge on any atom is 0.230 e. The summed E-state index contributed by atoms with van der Waals surface area (Å²) in [5.74, 6) is 0. The van der Waals surface area contributed by atoms with Crippen LogP contribution in [0.15, 0.2) is 0 Å². The summed E-state index contributed by atoms with van der Waals surface area (Å²) in [5, 5.41) is 17.6. The summed E-state index contributed by atoms with van der Waals surface area (Å²) in [4.78, 5) is 0. The molecule has 1 fully saturated rings. The minimum Gasteiger partial charge on any atom is -0.389 e. The highest BCUT2D eigenvalue weighted by Crippen LogP contribution is 2.30. The van der Waals surface area contributed by atoms with Crippen molar-refractivity contribution in [1.82, 2.24) is 4.31 Å². The number of sulfonamides is 1. The molecule has 0 aromatic carbocycles. The highest BCUT2D eigenvalue weighted by Gasteiger charge is 2.36. The zero-order chi connectivity index (χ0) is 12.4. The fraction of sp³-hybridized carbons (Fsp3) is 0.900. The number of hydrogen-bond donors (Lipinski definition) is 1. The van der Waals surface area contributed by atoms with Crippen molar-refractivity contribution in [2.45, 2.75) is 43.5 Å². The van der Waals surface area contributed by atoms with Gasteiger partial charge in [-0.2, -0.15) is 5.26 Å². The first-order chi connectivity index (χ1) is 7.32. The number of nitriles is 1. The van der Waals surface area contributed by atoms with Crippen LogP contribution in [-0.4, -0.2) is 42.3 Å². The van der Waals surface area contributed by atoms with Gasteiger partial charge in [0, 0.05) is 13.6 Å². The monoisotopic (exact) mass is 246 g/mol. The summed E-state index contributed by atoms with van der Waals surface area (Å²) in [7, 11) is -2.19. The minimum absolute atomic E-state index is 0.0847. The van der Waals surface area contributed by atoms with Gasteiger partial charge in [0.05, 0.1) is 11.7 Å². The van der Waals surface area contributed by atoms with Crippen LogP contribution in [0.5, 0.6) is 0 Å². The molecule has 6 heteroatoms. The normalized spacial score (nSPS) is 21.9. The highest BCUT2D eigenvalue weighted by atomic mass is 32.2. The lowest BCUT2D eigenvalue weighted by molar-refractivity contribution is 0.0333. The molecule has 0 aromatic rings. The van der Waals surface area contributed by atoms with Gasteiger partial charge in [-0.05, 0) is 19.8 Å². The van der Waals surface area contributed by atoms with Crippen LogP contribution in [-0.2, 0) is 10.0 Å². The third kappa shape index (κ3) is 2.73. The molecule has 1 aliphatic rings. The summed E-state index contributed by atoms with van der Waals surface area (Å²) in [6.07, 6.45) is 3.12. The van der Waals surface area contributed by atoms with E-state index in [2.05, 4.69) is 0 Å². The molecule has 0 saturated heterocycles. The standard InChI is InChI=1S/C10H18N2O3S/c1-9(7-11)16(14,15)12(2)8-10(13)5-3-4-6-10/h9,13H,3-6,8H2,1-2H3. The van der Waals surface area contributed by atoms with E-state index in [0.717, 1.165) is 17.1 Å². The number of rotatable bonds is 4. The highest BCUT2D eigenvalue weighted by molar-refractivity contribution is 7.89. The van der Waals surface area contributed by atoms with Crippen LogP contribution < -0.4 is 0 Å². The molecule has 1 saturated carbocycles. The topological polar surface area (TPSA) is 81.4 Å². The Morgan fingerprint density at radius 1 is 1.50 bits per heavy atom. The first-order valence-corrected chi connectivity index (χ1v) is 6.89. The maximum absolute atomic E-state index is 11.8. The van der Waals surface area contributed by atoms with Crippen LogP contribution in [0.3, 0.4) is 0 Å². The Morgan fingerprint density at radius 2 is 2.00 bits per heavy atom. The van der Waals surface area contributed by atoms with Crippen molar-refractivity contribution in [2.24, 2.45) is 0 Å². The van der Waals surface area contributed by atoms with Gasteiger partial charge in [-0.3, -0.25) is 0 Å². The first-order valence-electron chi connectivity index (χ1n) is 5.39. The van der Waals surface area contributed by atoms with E-state index in [4.69, 9.17) is 5.26 Å². The second-order valence-electron chi connectivity index (χ2n) is 4.50. The van der Waals surface area contributed by atoms with E-state index in [9.17, 15) is 13.5 Å². The predicted molar refractivity (Wildman–Crippen MR) is 60.0 cm³/mol. The van der Waals surface area contributed by atoms with Crippen molar-refractivity contribution in [3.63, 3.8) is 0 Å². The van der Waals surface area contributed by atoms with Gasteiger partial charge in [0.1, 0.15) is 0 Å². The summed E-state index contributed by atoms with van der Waals surface area (Å²) >= 11 is 0. The number of likely N-dealkylation sites (N-methyl/N-ethyl adjacent to an activating group) is 1. The van der Waals surface area contributed by atoms with E-state index in [1.165, 1.54) is 14.0 Å². The van der Waals surface area contributed by atoms with E-state index in [1.807, 2.05) is 0 Å². The minimum atomic E-state index is -3.60. The summed E-state index contributed by atoms with van der Waals surface area (Å²) < 4.78 is 24.7. The van der Waals surface area contributed by atoms with Crippen molar-refractivity contribution in [2.75, 3.05) is 13.6 Å². The van der Waals surface area contributed by atoms with Crippen LogP contribution in [0.2, 0.25) is 0 Å². The molecule has 92 valence electrons. The molecule has 0 aliphatic heterocycles. The zero-order valence-electron chi connectivity index (χ0n) is 9.68. The summed E-state index contributed by atoms with van der Waals surface area (Å²) in [5.41, 5.74) is -0.906. The Morgan fingerprint density at radius 3 is 2.44 bits per heavy atom. The molecule has 0 amide bonds. The van der Waals surface area contributed by atoms with Gasteiger partial charge in [-0.1, -0.05) is 12.8 Å². The van der Waals surface area contributed by atoms with Gasteiger partial charge in [0.25, 0.3) is 0 Å². The van der Waals surface area contributed by atoms with Crippen LogP contribution in [0.25, 0.3) is 0 Å². The number of nitrogens with zero attached hydrogens (tertiary/aromatic N) is 2. The van der Waals surface area contributed by atoms with E-state index in [0.29, 0.717) is 12.8 Å². The summed E-state index contributed by atoms with van der Waals surface area (Å²) in [6, 6.07) is 1.71. The van der Waals surface area contributed by atoms with E-state index in [-0.39, 0.29) is 6.54 Å². The molecule has 1 N–H and O–H groups in total. The fourth-order valence-electron chi connectivity index (χ4n) is 2.03. The lowest BCUT2D eigenvalue weighted by atomic mass is 10.0. The maximum atomic E-state index is 11.8. The van der Waals surface area contributed by atoms with E-state index < -0.39 is 20.9 Å². The van der Waals surface area contributed by atoms with Crippen molar-refractivity contribution in [3.8, 4) is 6.07 Å². The van der Waals surface area contributed by atoms with Crippen molar-refractivity contribution < 1.29 is 13.5 Å². The SMILES string of the molecule is CC(C#N)S(=O)(=O)N(C)CC1(O)CCCC1. The fourth-order valence-corrected chi connectivity index (χ4v) is 3.13. The lowest BCUT2D eigenvalue weighted by Gasteiger charge is -2.28. The average molecular weight is 246 g/mol. The number of hydrogen-bond acceptors (Lipinski definition) is 4. The van der Waals surface area contributed by atoms with Crippen LogP contribution in [0, 0.1) is 11.3 Å². The largest absolute Gasteiger partial charge is 0.389 e. The Labute approximate surface area is 96.7 Å². The third-order valence-corrected chi connectivity index (χ3v) is 5.11. The lowest BCUT2D eigenvalue weighted by Crippen LogP contribution is -2.44. The van der Waals surface area contributed by atoms with Crippen LogP contribution >= 0.6 is 0 Å². The van der Waals surface area contributed by atoms with Gasteiger partial charge < -0.3 is 5.11 Å². The van der Waals surface area contributed by atoms with Crippen molar-refractivity contribution in [1.29, 1.82) is 5.26 Å². The predicted octanol–water partition coefficient (Wildman–Crippen LogP) is 0.465. The van der Waals surface area contributed by atoms with Crippen molar-refractivity contribution in [3.05, 3.63) is 0 Å². The van der Waals surface area contributed by atoms with Gasteiger partial charge in [0.2, 0.25) is 10.0 Å². The Balaban J connectivity index is 2.72. The molecule has 1 atom stereocenters. The van der Waals surface area contributed by atoms with Gasteiger partial charge in [0.15, 0.2) is 5.25 Å². The molecule has 0 heterocycles. The molecule has 0 aromatic heterocycles. The molecule has 1 rings (SSSR count). The third-order valence-electron chi connectivity index (χ3n) is 3.11. The van der Waals surface area contributed by atoms with Gasteiger partial charge in [-0.15, -0.1) is 0 Å². The molecule has 5 nitrogen and oxygen atoms in total. The van der Waals surface area contributed by atoms with Crippen LogP contribution in [0.4, 0.5) is 0 Å². The molecule has 16 heavy (non-hydrogen) atoms. The molecular formula is C10H18N2O3S. The number of aliphatic hydroxyl groups is 1. The summed E-state index contributed by atoms with van der Waals surface area (Å²) in [6.45, 7) is 1.44. The quantitative estimate of drug-likeness (QED) is 0.781. The van der Waals surface area contributed by atoms with Crippen molar-refractivity contribution >= 4 is 10.0 Å². The second kappa shape index (κ2) is 4.70. The average Bonchev–Trinajstić information content (AvgIpc) is 2.63. The van der Waals surface area contributed by atoms with E-state index in [1.54, 1.807) is 6.07 Å². The van der Waals surface area contributed by atoms with Gasteiger partial charge in [-0.25, -0.2) is 12.7 Å². The first kappa shape index (κ1) is 13.4. The molecule has 1 aliphatic carbocycles. The van der Waals surface area contributed by atoms with Crippen LogP contribution in [0.1, 0.15) is 32.6 Å². The molecule has 0 radical (unpaired) electrons. The molecule has 0 bridgehead atoms. The molecule has 0 spiro atoms. The smallest absolute Gasteiger partial charge is 0.230 e. The second-order valence-corrected chi connectivity index (χ2v) is 6.86. The van der Waals surface area contributed by atoms with Gasteiger partial charge >= 0.3 is 0 Å². The molecular weight excluding hydrogens is 228 g/mol. The van der Waals surface area contributed by atoms with E-state index >= 15 is 0 Å². The Kier molecular flexibility index (Phi) is 3.94. The Hall–Kier alpha value is -0.640. The zero-order valence-corrected chi connectivity index (χ0v) is 10.5.